The summed E-state index contributed by atoms with van der Waals surface area (Å²) in [5, 5.41) is 0. The Balaban J connectivity index is 1.42. The van der Waals surface area contributed by atoms with E-state index in [1.165, 1.54) is 18.2 Å². The Kier molecular flexibility index (Phi) is 5.73. The molecular formula is C18H19FN4O3. The molecule has 26 heavy (non-hydrogen) atoms. The molecule has 1 aromatic carbocycles. The molecule has 0 aliphatic carbocycles. The van der Waals surface area contributed by atoms with Crippen LogP contribution in [-0.4, -0.2) is 59.5 Å². The van der Waals surface area contributed by atoms with Gasteiger partial charge in [0.05, 0.1) is 6.42 Å². The first-order chi connectivity index (χ1) is 12.6. The first kappa shape index (κ1) is 17.8. The highest BCUT2D eigenvalue weighted by Crippen LogP contribution is 2.10. The molecule has 1 aliphatic rings. The van der Waals surface area contributed by atoms with Gasteiger partial charge in [0.2, 0.25) is 5.95 Å². The fourth-order valence-electron chi connectivity index (χ4n) is 2.71. The molecule has 1 aliphatic heterocycles. The molecule has 2 heterocycles. The van der Waals surface area contributed by atoms with Crippen molar-refractivity contribution >= 4 is 17.8 Å². The van der Waals surface area contributed by atoms with Crippen LogP contribution in [-0.2, 0) is 20.7 Å². The number of piperazine rings is 1. The summed E-state index contributed by atoms with van der Waals surface area (Å²) in [6.45, 7) is 1.95. The minimum Gasteiger partial charge on any atom is -0.455 e. The number of nitrogens with zero attached hydrogens (tertiary/aromatic N) is 4. The van der Waals surface area contributed by atoms with Crippen LogP contribution in [0.3, 0.4) is 0 Å². The lowest BCUT2D eigenvalue weighted by Crippen LogP contribution is -2.50. The predicted molar refractivity (Wildman–Crippen MR) is 91.9 cm³/mol. The number of carbonyl (C=O) groups is 2. The Morgan fingerprint density at radius 2 is 1.81 bits per heavy atom. The SMILES string of the molecule is O=C(Cc1cccc(F)c1)OCC(=O)N1CCN(c2ncccn2)CC1. The smallest absolute Gasteiger partial charge is 0.310 e. The standard InChI is InChI=1S/C18H19FN4O3/c19-15-4-1-3-14(11-15)12-17(25)26-13-16(24)22-7-9-23(10-8-22)18-20-5-2-6-21-18/h1-6,11H,7-10,12-13H2. The van der Waals surface area contributed by atoms with E-state index in [2.05, 4.69) is 9.97 Å². The first-order valence-electron chi connectivity index (χ1n) is 8.31. The Morgan fingerprint density at radius 3 is 2.50 bits per heavy atom. The summed E-state index contributed by atoms with van der Waals surface area (Å²) >= 11 is 0. The lowest BCUT2D eigenvalue weighted by molar-refractivity contribution is -0.151. The number of carbonyl (C=O) groups excluding carboxylic acids is 2. The van der Waals surface area contributed by atoms with Crippen molar-refractivity contribution in [2.45, 2.75) is 6.42 Å². The molecule has 0 N–H and O–H groups in total. The first-order valence-corrected chi connectivity index (χ1v) is 8.31. The van der Waals surface area contributed by atoms with Crippen LogP contribution < -0.4 is 4.90 Å². The van der Waals surface area contributed by atoms with Crippen molar-refractivity contribution in [2.24, 2.45) is 0 Å². The molecule has 0 saturated carbocycles. The molecular weight excluding hydrogens is 339 g/mol. The maximum atomic E-state index is 13.1. The van der Waals surface area contributed by atoms with Gasteiger partial charge in [0, 0.05) is 38.6 Å². The minimum absolute atomic E-state index is 0.0653. The fraction of sp³-hybridized carbons (Fsp3) is 0.333. The third kappa shape index (κ3) is 4.75. The predicted octanol–water partition coefficient (Wildman–Crippen LogP) is 1.05. The lowest BCUT2D eigenvalue weighted by Gasteiger charge is -2.34. The molecule has 1 amide bonds. The number of amides is 1. The van der Waals surface area contributed by atoms with Crippen LogP contribution in [0.15, 0.2) is 42.7 Å². The zero-order valence-electron chi connectivity index (χ0n) is 14.2. The van der Waals surface area contributed by atoms with E-state index in [0.717, 1.165) is 0 Å². The maximum absolute atomic E-state index is 13.1. The average Bonchev–Trinajstić information content (AvgIpc) is 2.67. The van der Waals surface area contributed by atoms with E-state index in [-0.39, 0.29) is 18.9 Å². The molecule has 0 bridgehead atoms. The van der Waals surface area contributed by atoms with Crippen LogP contribution in [0.25, 0.3) is 0 Å². The molecule has 0 unspecified atom stereocenters. The summed E-state index contributed by atoms with van der Waals surface area (Å²) in [7, 11) is 0. The van der Waals surface area contributed by atoms with Crippen molar-refractivity contribution in [1.82, 2.24) is 14.9 Å². The Morgan fingerprint density at radius 1 is 1.08 bits per heavy atom. The van der Waals surface area contributed by atoms with Gasteiger partial charge in [-0.1, -0.05) is 12.1 Å². The Labute approximate surface area is 150 Å². The van der Waals surface area contributed by atoms with Crippen molar-refractivity contribution in [3.05, 3.63) is 54.1 Å². The second-order valence-electron chi connectivity index (χ2n) is 5.88. The molecule has 0 spiro atoms. The van der Waals surface area contributed by atoms with Crippen molar-refractivity contribution in [3.63, 3.8) is 0 Å². The van der Waals surface area contributed by atoms with Gasteiger partial charge in [-0.15, -0.1) is 0 Å². The van der Waals surface area contributed by atoms with Gasteiger partial charge in [0.15, 0.2) is 6.61 Å². The molecule has 2 aromatic rings. The van der Waals surface area contributed by atoms with E-state index in [9.17, 15) is 14.0 Å². The number of hydrogen-bond acceptors (Lipinski definition) is 6. The monoisotopic (exact) mass is 358 g/mol. The van der Waals surface area contributed by atoms with E-state index < -0.39 is 11.8 Å². The van der Waals surface area contributed by atoms with Crippen LogP contribution in [0.1, 0.15) is 5.56 Å². The number of halogens is 1. The highest BCUT2D eigenvalue weighted by atomic mass is 19.1. The van der Waals surface area contributed by atoms with Crippen LogP contribution in [0.4, 0.5) is 10.3 Å². The largest absolute Gasteiger partial charge is 0.455 e. The number of ether oxygens (including phenoxy) is 1. The van der Waals surface area contributed by atoms with Crippen molar-refractivity contribution < 1.29 is 18.7 Å². The van der Waals surface area contributed by atoms with Crippen molar-refractivity contribution in [3.8, 4) is 0 Å². The van der Waals surface area contributed by atoms with Crippen molar-refractivity contribution in [2.75, 3.05) is 37.7 Å². The molecule has 136 valence electrons. The zero-order chi connectivity index (χ0) is 18.4. The molecule has 7 nitrogen and oxygen atoms in total. The highest BCUT2D eigenvalue weighted by molar-refractivity contribution is 5.81. The zero-order valence-corrected chi connectivity index (χ0v) is 14.2. The van der Waals surface area contributed by atoms with Gasteiger partial charge in [-0.25, -0.2) is 14.4 Å². The topological polar surface area (TPSA) is 75.6 Å². The summed E-state index contributed by atoms with van der Waals surface area (Å²) in [6.07, 6.45) is 3.29. The fourth-order valence-corrected chi connectivity index (χ4v) is 2.71. The Hall–Kier alpha value is -3.03. The van der Waals surface area contributed by atoms with Gasteiger partial charge in [0.25, 0.3) is 5.91 Å². The van der Waals surface area contributed by atoms with E-state index in [4.69, 9.17) is 4.74 Å². The van der Waals surface area contributed by atoms with Crippen LogP contribution in [0, 0.1) is 5.82 Å². The molecule has 8 heteroatoms. The van der Waals surface area contributed by atoms with Gasteiger partial charge in [-0.05, 0) is 23.8 Å². The molecule has 0 atom stereocenters. The van der Waals surface area contributed by atoms with E-state index in [1.54, 1.807) is 29.4 Å². The van der Waals surface area contributed by atoms with Gasteiger partial charge < -0.3 is 14.5 Å². The highest BCUT2D eigenvalue weighted by Gasteiger charge is 2.23. The number of anilines is 1. The molecule has 3 rings (SSSR count). The maximum Gasteiger partial charge on any atom is 0.310 e. The summed E-state index contributed by atoms with van der Waals surface area (Å²) in [6, 6.07) is 7.49. The van der Waals surface area contributed by atoms with Gasteiger partial charge in [0.1, 0.15) is 5.82 Å². The van der Waals surface area contributed by atoms with Crippen LogP contribution >= 0.6 is 0 Å². The number of benzene rings is 1. The quantitative estimate of drug-likeness (QED) is 0.744. The number of aromatic nitrogens is 2. The van der Waals surface area contributed by atoms with Crippen LogP contribution in [0.2, 0.25) is 0 Å². The van der Waals surface area contributed by atoms with Gasteiger partial charge >= 0.3 is 5.97 Å². The molecule has 1 saturated heterocycles. The third-order valence-electron chi connectivity index (χ3n) is 4.06. The molecule has 1 aromatic heterocycles. The van der Waals surface area contributed by atoms with Crippen LogP contribution in [0.5, 0.6) is 0 Å². The van der Waals surface area contributed by atoms with E-state index in [1.807, 2.05) is 4.90 Å². The normalized spacial score (nSPS) is 14.2. The van der Waals surface area contributed by atoms with E-state index in [0.29, 0.717) is 37.7 Å². The minimum atomic E-state index is -0.555. The van der Waals surface area contributed by atoms with E-state index >= 15 is 0 Å². The second-order valence-corrected chi connectivity index (χ2v) is 5.88. The summed E-state index contributed by atoms with van der Waals surface area (Å²) < 4.78 is 18.1. The molecule has 1 fully saturated rings. The average molecular weight is 358 g/mol. The summed E-state index contributed by atoms with van der Waals surface area (Å²) in [5.41, 5.74) is 0.513. The number of rotatable bonds is 5. The van der Waals surface area contributed by atoms with Crippen molar-refractivity contribution in [1.29, 1.82) is 0 Å². The summed E-state index contributed by atoms with van der Waals surface area (Å²) in [4.78, 5) is 36.0. The van der Waals surface area contributed by atoms with Gasteiger partial charge in [-0.3, -0.25) is 9.59 Å². The number of hydrogen-bond donors (Lipinski definition) is 0. The molecule has 0 radical (unpaired) electrons. The number of esters is 1. The van der Waals surface area contributed by atoms with Gasteiger partial charge in [-0.2, -0.15) is 0 Å². The second kappa shape index (κ2) is 8.37. The lowest BCUT2D eigenvalue weighted by atomic mass is 10.1. The third-order valence-corrected chi connectivity index (χ3v) is 4.06. The summed E-state index contributed by atoms with van der Waals surface area (Å²) in [5.74, 6) is -0.570. The Bertz CT molecular complexity index is 764.